The van der Waals surface area contributed by atoms with E-state index in [0.29, 0.717) is 19.3 Å². The van der Waals surface area contributed by atoms with Gasteiger partial charge >= 0.3 is 17.9 Å². The highest BCUT2D eigenvalue weighted by atomic mass is 16.6. The molecule has 0 amide bonds. The number of ether oxygens (including phenoxy) is 3. The zero-order chi connectivity index (χ0) is 59.9. The first kappa shape index (κ1) is 79.8. The number of hydrogen-bond acceptors (Lipinski definition) is 6. The van der Waals surface area contributed by atoms with Crippen molar-refractivity contribution in [2.24, 2.45) is 0 Å². The smallest absolute Gasteiger partial charge is 0.306 e. The average Bonchev–Trinajstić information content (AvgIpc) is 3.50. The van der Waals surface area contributed by atoms with Gasteiger partial charge in [-0.3, -0.25) is 14.4 Å². The van der Waals surface area contributed by atoms with Gasteiger partial charge in [-0.15, -0.1) is 0 Å². The Morgan fingerprint density at radius 2 is 0.470 bits per heavy atom. The fourth-order valence-electron chi connectivity index (χ4n) is 10.8. The summed E-state index contributed by atoms with van der Waals surface area (Å²) in [5.41, 5.74) is 0. The Labute approximate surface area is 516 Å². The van der Waals surface area contributed by atoms with E-state index in [1.807, 2.05) is 0 Å². The second-order valence-corrected chi connectivity index (χ2v) is 24.5. The third kappa shape index (κ3) is 69.5. The lowest BCUT2D eigenvalue weighted by Crippen LogP contribution is -2.30. The van der Waals surface area contributed by atoms with Gasteiger partial charge in [-0.25, -0.2) is 0 Å². The van der Waals surface area contributed by atoms with Crippen LogP contribution in [0.4, 0.5) is 0 Å². The molecule has 0 bridgehead atoms. The lowest BCUT2D eigenvalue weighted by molar-refractivity contribution is -0.167. The van der Waals surface area contributed by atoms with Crippen LogP contribution in [-0.2, 0) is 28.6 Å². The van der Waals surface area contributed by atoms with Gasteiger partial charge in [0.05, 0.1) is 0 Å². The van der Waals surface area contributed by atoms with Crippen molar-refractivity contribution >= 4 is 17.9 Å². The summed E-state index contributed by atoms with van der Waals surface area (Å²) in [5, 5.41) is 0. The molecule has 0 radical (unpaired) electrons. The molecule has 0 saturated carbocycles. The van der Waals surface area contributed by atoms with Crippen molar-refractivity contribution in [3.8, 4) is 0 Å². The predicted molar refractivity (Wildman–Crippen MR) is 362 cm³/mol. The molecule has 0 rings (SSSR count). The summed E-state index contributed by atoms with van der Waals surface area (Å²) in [7, 11) is 0. The van der Waals surface area contributed by atoms with Crippen LogP contribution in [0.1, 0.15) is 380 Å². The normalized spacial score (nSPS) is 12.5. The van der Waals surface area contributed by atoms with Gasteiger partial charge in [0.2, 0.25) is 0 Å². The molecule has 83 heavy (non-hydrogen) atoms. The molecule has 0 heterocycles. The second kappa shape index (κ2) is 71.3. The van der Waals surface area contributed by atoms with E-state index in [0.717, 1.165) is 89.9 Å². The minimum atomic E-state index is -0.798. The molecule has 6 heteroatoms. The molecule has 0 aliphatic carbocycles. The van der Waals surface area contributed by atoms with Crippen LogP contribution in [0.2, 0.25) is 0 Å². The third-order valence-corrected chi connectivity index (χ3v) is 16.2. The van der Waals surface area contributed by atoms with Gasteiger partial charge in [-0.1, -0.05) is 363 Å². The second-order valence-electron chi connectivity index (χ2n) is 24.5. The van der Waals surface area contributed by atoms with Crippen LogP contribution in [-0.4, -0.2) is 37.2 Å². The van der Waals surface area contributed by atoms with E-state index in [-0.39, 0.29) is 37.5 Å². The average molecular weight is 1160 g/mol. The van der Waals surface area contributed by atoms with Crippen LogP contribution in [0, 0.1) is 0 Å². The molecule has 0 saturated heterocycles. The molecular weight excluding hydrogens is 1020 g/mol. The molecule has 0 aliphatic rings. The summed E-state index contributed by atoms with van der Waals surface area (Å²) in [6.45, 7) is 6.56. The number of carbonyl (C=O) groups is 3. The highest BCUT2D eigenvalue weighted by Crippen LogP contribution is 2.19. The van der Waals surface area contributed by atoms with Crippen molar-refractivity contribution in [1.82, 2.24) is 0 Å². The van der Waals surface area contributed by atoms with Crippen molar-refractivity contribution in [3.63, 3.8) is 0 Å². The summed E-state index contributed by atoms with van der Waals surface area (Å²) < 4.78 is 17.0. The molecule has 0 aromatic heterocycles. The maximum atomic E-state index is 12.9. The Balaban J connectivity index is 4.31. The summed E-state index contributed by atoms with van der Waals surface area (Å²) >= 11 is 0. The molecule has 0 aromatic rings. The van der Waals surface area contributed by atoms with Gasteiger partial charge in [-0.2, -0.15) is 0 Å². The van der Waals surface area contributed by atoms with Gasteiger partial charge in [0.25, 0.3) is 0 Å². The highest BCUT2D eigenvalue weighted by molar-refractivity contribution is 5.71. The summed E-state index contributed by atoms with van der Waals surface area (Å²) in [6, 6.07) is 0. The molecule has 6 nitrogen and oxygen atoms in total. The Morgan fingerprint density at radius 1 is 0.253 bits per heavy atom. The van der Waals surface area contributed by atoms with Crippen LogP contribution in [0.5, 0.6) is 0 Å². The van der Waals surface area contributed by atoms with E-state index < -0.39 is 6.10 Å². The quantitative estimate of drug-likeness (QED) is 0.0261. The molecule has 482 valence electrons. The lowest BCUT2D eigenvalue weighted by atomic mass is 10.0. The maximum Gasteiger partial charge on any atom is 0.306 e. The van der Waals surface area contributed by atoms with E-state index in [2.05, 4.69) is 93.7 Å². The van der Waals surface area contributed by atoms with E-state index in [4.69, 9.17) is 14.2 Å². The number of rotatable bonds is 67. The number of unbranched alkanes of at least 4 members (excludes halogenated alkanes) is 44. The molecule has 0 fully saturated rings. The van der Waals surface area contributed by atoms with Crippen LogP contribution < -0.4 is 0 Å². The number of allylic oxidation sites excluding steroid dienone is 12. The first-order valence-electron chi connectivity index (χ1n) is 36.4. The van der Waals surface area contributed by atoms with Crippen molar-refractivity contribution in [2.75, 3.05) is 13.2 Å². The first-order chi connectivity index (χ1) is 41.0. The molecular formula is C77H138O6. The molecule has 0 N–H and O–H groups in total. The van der Waals surface area contributed by atoms with Gasteiger partial charge < -0.3 is 14.2 Å². The van der Waals surface area contributed by atoms with Crippen LogP contribution in [0.3, 0.4) is 0 Å². The van der Waals surface area contributed by atoms with Crippen molar-refractivity contribution < 1.29 is 28.6 Å². The minimum Gasteiger partial charge on any atom is -0.462 e. The molecule has 1 atom stereocenters. The Kier molecular flexibility index (Phi) is 68.6. The van der Waals surface area contributed by atoms with Crippen molar-refractivity contribution in [1.29, 1.82) is 0 Å². The van der Waals surface area contributed by atoms with Gasteiger partial charge in [0.1, 0.15) is 13.2 Å². The van der Waals surface area contributed by atoms with Gasteiger partial charge in [0, 0.05) is 19.3 Å². The van der Waals surface area contributed by atoms with Crippen LogP contribution in [0.25, 0.3) is 0 Å². The Bertz CT molecular complexity index is 1520. The van der Waals surface area contributed by atoms with E-state index in [1.54, 1.807) is 0 Å². The number of carbonyl (C=O) groups excluding carboxylic acids is 3. The fourth-order valence-corrected chi connectivity index (χ4v) is 10.8. The van der Waals surface area contributed by atoms with Crippen LogP contribution in [0.15, 0.2) is 72.9 Å². The fraction of sp³-hybridized carbons (Fsp3) is 0.805. The predicted octanol–water partition coefficient (Wildman–Crippen LogP) is 25.2. The standard InChI is InChI=1S/C77H138O6/c1-4-7-10-13-16-19-22-25-28-31-33-35-36-37-38-39-40-41-43-44-46-49-52-55-58-61-64-67-70-76(79)82-73-74(72-81-75(78)69-66-63-60-57-54-51-48-30-27-24-21-18-15-12-9-6-3)83-77(80)71-68-65-62-59-56-53-50-47-45-42-34-32-29-26-23-20-17-14-11-8-5-2/h8,11,17,20,26,29,34,42,47,50,56,59,74H,4-7,9-10,12-16,18-19,21-25,27-28,30-33,35-41,43-46,48-49,51-55,57-58,60-73H2,1-3H3/b11-8-,20-17-,29-26-,42-34-,50-47-,59-56-. The zero-order valence-corrected chi connectivity index (χ0v) is 55.5. The first-order valence-corrected chi connectivity index (χ1v) is 36.4. The Hall–Kier alpha value is -3.15. The lowest BCUT2D eigenvalue weighted by Gasteiger charge is -2.18. The number of hydrogen-bond donors (Lipinski definition) is 0. The van der Waals surface area contributed by atoms with E-state index in [9.17, 15) is 14.4 Å². The topological polar surface area (TPSA) is 78.9 Å². The number of esters is 3. The molecule has 1 unspecified atom stereocenters. The van der Waals surface area contributed by atoms with Gasteiger partial charge in [0.15, 0.2) is 6.10 Å². The summed E-state index contributed by atoms with van der Waals surface area (Å²) in [5.74, 6) is -0.907. The molecule has 0 aromatic carbocycles. The van der Waals surface area contributed by atoms with Crippen LogP contribution >= 0.6 is 0 Å². The SMILES string of the molecule is CC/C=C\C/C=C\C/C=C\C/C=C\C/C=C\C/C=C\CCCCC(=O)OC(COC(=O)CCCCCCCCCCCCCCCCCC)COC(=O)CCCCCCCCCCCCCCCCCCCCCCCCCCCCCC. The summed E-state index contributed by atoms with van der Waals surface area (Å²) in [4.78, 5) is 38.5. The van der Waals surface area contributed by atoms with Crippen molar-refractivity contribution in [3.05, 3.63) is 72.9 Å². The van der Waals surface area contributed by atoms with E-state index in [1.165, 1.54) is 244 Å². The Morgan fingerprint density at radius 3 is 0.735 bits per heavy atom. The van der Waals surface area contributed by atoms with Crippen molar-refractivity contribution in [2.45, 2.75) is 386 Å². The molecule has 0 aliphatic heterocycles. The zero-order valence-electron chi connectivity index (χ0n) is 55.5. The monoisotopic (exact) mass is 1160 g/mol. The third-order valence-electron chi connectivity index (χ3n) is 16.2. The highest BCUT2D eigenvalue weighted by Gasteiger charge is 2.19. The summed E-state index contributed by atoms with van der Waals surface area (Å²) in [6.07, 6.45) is 93.7. The molecule has 0 spiro atoms. The largest absolute Gasteiger partial charge is 0.462 e. The van der Waals surface area contributed by atoms with E-state index >= 15 is 0 Å². The maximum absolute atomic E-state index is 12.9. The van der Waals surface area contributed by atoms with Gasteiger partial charge in [-0.05, 0) is 70.6 Å². The minimum absolute atomic E-state index is 0.0883.